The van der Waals surface area contributed by atoms with E-state index in [9.17, 15) is 9.90 Å². The molecule has 0 heterocycles. The normalized spacial score (nSPS) is 45.7. The molecule has 0 radical (unpaired) electrons. The third-order valence-corrected chi connectivity index (χ3v) is 11.9. The van der Waals surface area contributed by atoms with Gasteiger partial charge < -0.3 is 10.0 Å². The van der Waals surface area contributed by atoms with Crippen LogP contribution < -0.4 is 0 Å². The van der Waals surface area contributed by atoms with Gasteiger partial charge in [-0.05, 0) is 112 Å². The smallest absolute Gasteiger partial charge is 0.220 e. The lowest BCUT2D eigenvalue weighted by atomic mass is 9.35. The summed E-state index contributed by atoms with van der Waals surface area (Å²) in [7, 11) is 4.53. The van der Waals surface area contributed by atoms with E-state index in [1.165, 1.54) is 44.1 Å². The highest BCUT2D eigenvalue weighted by atomic mass is 16.3. The van der Waals surface area contributed by atoms with Gasteiger partial charge in [0, 0.05) is 16.5 Å². The Bertz CT molecular complexity index is 1060. The first-order valence-corrected chi connectivity index (χ1v) is 13.0. The Morgan fingerprint density at radius 3 is 2.24 bits per heavy atom. The van der Waals surface area contributed by atoms with Crippen molar-refractivity contribution in [3.05, 3.63) is 46.3 Å². The van der Waals surface area contributed by atoms with Gasteiger partial charge in [-0.3, -0.25) is 4.79 Å². The maximum Gasteiger partial charge on any atom is 0.220 e. The number of fused-ring (bicyclic) bond motifs is 7. The van der Waals surface area contributed by atoms with Gasteiger partial charge in [-0.1, -0.05) is 52.8 Å². The molecule has 0 bridgehead atoms. The molecule has 0 aromatic heterocycles. The highest BCUT2D eigenvalue weighted by molar-refractivity contribution is 6.06. The third-order valence-electron chi connectivity index (χ3n) is 11.9. The van der Waals surface area contributed by atoms with Crippen molar-refractivity contribution in [2.45, 2.75) is 99.5 Å². The molecule has 5 aliphatic rings. The SMILES string of the molecule is C.CC1=C(O)C(=O)C=C2C1=CC=C1[C@@]2(C)CC[C@@]2(C)[C@@H]3C[C@](C)(N(C)C)CC[C@]3(C)CC[C@]12C. The molecule has 0 aromatic rings. The Hall–Kier alpha value is -1.61. The highest BCUT2D eigenvalue weighted by Crippen LogP contribution is 2.75. The van der Waals surface area contributed by atoms with Crippen LogP contribution in [0.4, 0.5) is 0 Å². The van der Waals surface area contributed by atoms with Crippen molar-refractivity contribution < 1.29 is 9.90 Å². The summed E-state index contributed by atoms with van der Waals surface area (Å²) in [4.78, 5) is 15.1. The Morgan fingerprint density at radius 2 is 1.59 bits per heavy atom. The van der Waals surface area contributed by atoms with Gasteiger partial charge in [0.05, 0.1) is 0 Å². The maximum atomic E-state index is 12.6. The summed E-state index contributed by atoms with van der Waals surface area (Å²) in [6.45, 7) is 14.5. The molecule has 0 saturated heterocycles. The minimum Gasteiger partial charge on any atom is -0.504 e. The number of aliphatic hydroxyl groups is 1. The molecule has 3 nitrogen and oxygen atoms in total. The number of carbonyl (C=O) groups excluding carboxylic acids is 1. The quantitative estimate of drug-likeness (QED) is 0.434. The predicted octanol–water partition coefficient (Wildman–Crippen LogP) is 7.56. The van der Waals surface area contributed by atoms with Crippen molar-refractivity contribution in [3.8, 4) is 0 Å². The standard InChI is InChI=1S/C30H43NO2.CH4/c1-19-20-9-10-23-28(4,21(20)17-22(32)25(19)33)14-16-30(6)24-18-27(3,31(7)8)13-11-26(24,2)12-15-29(23,30)5;/h9-10,17,24,33H,11-16,18H2,1-8H3;1H4/t24-,26-,27-,28+,29-,30+;/m1./s1. The van der Waals surface area contributed by atoms with Crippen molar-refractivity contribution in [1.82, 2.24) is 4.90 Å². The molecule has 0 unspecified atom stereocenters. The third kappa shape index (κ3) is 2.95. The number of ketones is 1. The molecule has 0 aliphatic heterocycles. The van der Waals surface area contributed by atoms with Crippen LogP contribution in [0.15, 0.2) is 46.3 Å². The van der Waals surface area contributed by atoms with Gasteiger partial charge in [0.2, 0.25) is 5.78 Å². The summed E-state index contributed by atoms with van der Waals surface area (Å²) in [5.41, 5.74) is 5.35. The van der Waals surface area contributed by atoms with E-state index in [0.29, 0.717) is 11.3 Å². The van der Waals surface area contributed by atoms with Crippen molar-refractivity contribution in [3.63, 3.8) is 0 Å². The number of hydrogen-bond donors (Lipinski definition) is 1. The zero-order chi connectivity index (χ0) is 24.2. The minimum absolute atomic E-state index is 0. The van der Waals surface area contributed by atoms with Gasteiger partial charge in [-0.15, -0.1) is 0 Å². The van der Waals surface area contributed by atoms with Crippen LogP contribution in [0.1, 0.15) is 93.9 Å². The fourth-order valence-corrected chi connectivity index (χ4v) is 8.85. The predicted molar refractivity (Wildman–Crippen MR) is 142 cm³/mol. The molecular formula is C31H47NO2. The number of hydrogen-bond acceptors (Lipinski definition) is 3. The molecule has 34 heavy (non-hydrogen) atoms. The van der Waals surface area contributed by atoms with E-state index in [1.807, 2.05) is 6.92 Å². The molecule has 3 fully saturated rings. The second-order valence-corrected chi connectivity index (χ2v) is 13.4. The topological polar surface area (TPSA) is 40.5 Å². The van der Waals surface area contributed by atoms with Gasteiger partial charge in [0.15, 0.2) is 5.76 Å². The Morgan fingerprint density at radius 1 is 0.941 bits per heavy atom. The molecule has 188 valence electrons. The highest BCUT2D eigenvalue weighted by Gasteiger charge is 2.66. The van der Waals surface area contributed by atoms with E-state index in [2.05, 4.69) is 65.8 Å². The molecule has 5 rings (SSSR count). The lowest BCUT2D eigenvalue weighted by Gasteiger charge is -2.70. The molecule has 1 N–H and O–H groups in total. The first kappa shape index (κ1) is 25.5. The van der Waals surface area contributed by atoms with E-state index in [0.717, 1.165) is 23.1 Å². The second kappa shape index (κ2) is 7.45. The lowest BCUT2D eigenvalue weighted by Crippen LogP contribution is -2.63. The summed E-state index contributed by atoms with van der Waals surface area (Å²) >= 11 is 0. The minimum atomic E-state index is -0.231. The van der Waals surface area contributed by atoms with E-state index >= 15 is 0 Å². The molecule has 0 amide bonds. The van der Waals surface area contributed by atoms with Crippen LogP contribution in [0, 0.1) is 27.6 Å². The number of aliphatic hydroxyl groups excluding tert-OH is 1. The van der Waals surface area contributed by atoms with Crippen LogP contribution in [0.3, 0.4) is 0 Å². The first-order chi connectivity index (χ1) is 15.2. The molecule has 0 aromatic carbocycles. The largest absolute Gasteiger partial charge is 0.504 e. The maximum absolute atomic E-state index is 12.6. The zero-order valence-corrected chi connectivity index (χ0v) is 22.1. The van der Waals surface area contributed by atoms with Crippen LogP contribution in [0.5, 0.6) is 0 Å². The zero-order valence-electron chi connectivity index (χ0n) is 22.1. The Labute approximate surface area is 208 Å². The second-order valence-electron chi connectivity index (χ2n) is 13.4. The van der Waals surface area contributed by atoms with Crippen LogP contribution >= 0.6 is 0 Å². The number of carbonyl (C=O) groups is 1. The fourth-order valence-electron chi connectivity index (χ4n) is 8.85. The van der Waals surface area contributed by atoms with Crippen molar-refractivity contribution in [1.29, 1.82) is 0 Å². The van der Waals surface area contributed by atoms with Gasteiger partial charge >= 0.3 is 0 Å². The monoisotopic (exact) mass is 465 g/mol. The summed E-state index contributed by atoms with van der Waals surface area (Å²) < 4.78 is 0. The molecule has 6 atom stereocenters. The summed E-state index contributed by atoms with van der Waals surface area (Å²) in [6.07, 6.45) is 15.0. The Balaban J connectivity index is 0.00000274. The Kier molecular flexibility index (Phi) is 5.58. The summed E-state index contributed by atoms with van der Waals surface area (Å²) in [5.74, 6) is 0.371. The van der Waals surface area contributed by atoms with Crippen LogP contribution in [-0.2, 0) is 4.79 Å². The fraction of sp³-hybridized carbons (Fsp3) is 0.710. The number of rotatable bonds is 1. The summed E-state index contributed by atoms with van der Waals surface area (Å²) in [5, 5.41) is 10.3. The molecule has 0 spiro atoms. The number of allylic oxidation sites excluding steroid dienone is 7. The average molecular weight is 466 g/mol. The van der Waals surface area contributed by atoms with Crippen LogP contribution in [0.25, 0.3) is 0 Å². The molecule has 5 aliphatic carbocycles. The van der Waals surface area contributed by atoms with Crippen LogP contribution in [-0.4, -0.2) is 35.4 Å². The van der Waals surface area contributed by atoms with Crippen molar-refractivity contribution >= 4 is 5.78 Å². The number of nitrogens with zero attached hydrogens (tertiary/aromatic N) is 1. The lowest BCUT2D eigenvalue weighted by molar-refractivity contribution is -0.162. The van der Waals surface area contributed by atoms with E-state index < -0.39 is 0 Å². The van der Waals surface area contributed by atoms with Gasteiger partial charge in [-0.25, -0.2) is 0 Å². The molecule has 3 heteroatoms. The van der Waals surface area contributed by atoms with E-state index in [1.54, 1.807) is 6.08 Å². The van der Waals surface area contributed by atoms with E-state index in [4.69, 9.17) is 0 Å². The van der Waals surface area contributed by atoms with Crippen molar-refractivity contribution in [2.75, 3.05) is 14.1 Å². The van der Waals surface area contributed by atoms with Gasteiger partial charge in [-0.2, -0.15) is 0 Å². The van der Waals surface area contributed by atoms with Gasteiger partial charge in [0.25, 0.3) is 0 Å². The first-order valence-electron chi connectivity index (χ1n) is 13.0. The average Bonchev–Trinajstić information content (AvgIpc) is 2.75. The summed E-state index contributed by atoms with van der Waals surface area (Å²) in [6, 6.07) is 0. The molecular weight excluding hydrogens is 418 g/mol. The van der Waals surface area contributed by atoms with Crippen molar-refractivity contribution in [2.24, 2.45) is 27.6 Å². The van der Waals surface area contributed by atoms with Crippen LogP contribution in [0.2, 0.25) is 0 Å². The van der Waals surface area contributed by atoms with E-state index in [-0.39, 0.29) is 40.8 Å². The van der Waals surface area contributed by atoms with Gasteiger partial charge in [0.1, 0.15) is 0 Å². The molecule has 3 saturated carbocycles.